The molecule has 0 fully saturated rings. The molecule has 0 radical (unpaired) electrons. The third-order valence-electron chi connectivity index (χ3n) is 2.98. The zero-order valence-corrected chi connectivity index (χ0v) is 13.6. The minimum absolute atomic E-state index is 0.253. The number of hydrogen-bond donors (Lipinski definition) is 1. The Morgan fingerprint density at radius 2 is 1.79 bits per heavy atom. The fourth-order valence-electron chi connectivity index (χ4n) is 1.81. The standard InChI is InChI=1S/C15H14BrCl2N/c1-10(11-2-4-13(16)5-3-11)19-9-12-8-14(17)6-7-15(12)18/h2-8,10,19H,9H2,1H3. The Balaban J connectivity index is 2.02. The Bertz CT molecular complexity index is 555. The summed E-state index contributed by atoms with van der Waals surface area (Å²) in [6.45, 7) is 2.82. The van der Waals surface area contributed by atoms with Crippen LogP contribution in [0.4, 0.5) is 0 Å². The first-order valence-electron chi connectivity index (χ1n) is 5.99. The molecule has 0 aliphatic heterocycles. The lowest BCUT2D eigenvalue weighted by atomic mass is 10.1. The van der Waals surface area contributed by atoms with Gasteiger partial charge in [-0.15, -0.1) is 0 Å². The summed E-state index contributed by atoms with van der Waals surface area (Å²) < 4.78 is 1.08. The van der Waals surface area contributed by atoms with Crippen LogP contribution in [0.15, 0.2) is 46.9 Å². The second-order valence-corrected chi connectivity index (χ2v) is 6.15. The summed E-state index contributed by atoms with van der Waals surface area (Å²) in [4.78, 5) is 0. The molecule has 0 aliphatic rings. The number of hydrogen-bond acceptors (Lipinski definition) is 1. The molecule has 1 nitrogen and oxygen atoms in total. The van der Waals surface area contributed by atoms with E-state index in [0.29, 0.717) is 11.6 Å². The monoisotopic (exact) mass is 357 g/mol. The molecule has 0 saturated carbocycles. The average molecular weight is 359 g/mol. The fraction of sp³-hybridized carbons (Fsp3) is 0.200. The van der Waals surface area contributed by atoms with E-state index in [9.17, 15) is 0 Å². The summed E-state index contributed by atoms with van der Waals surface area (Å²) in [5.74, 6) is 0. The van der Waals surface area contributed by atoms with Gasteiger partial charge < -0.3 is 5.32 Å². The van der Waals surface area contributed by atoms with Gasteiger partial charge in [0.25, 0.3) is 0 Å². The van der Waals surface area contributed by atoms with E-state index in [2.05, 4.69) is 40.3 Å². The first-order chi connectivity index (χ1) is 9.06. The zero-order chi connectivity index (χ0) is 13.8. The summed E-state index contributed by atoms with van der Waals surface area (Å²) >= 11 is 15.6. The smallest absolute Gasteiger partial charge is 0.0451 e. The molecule has 0 aliphatic carbocycles. The number of benzene rings is 2. The lowest BCUT2D eigenvalue weighted by Crippen LogP contribution is -2.18. The molecule has 19 heavy (non-hydrogen) atoms. The Hall–Kier alpha value is -0.540. The molecule has 0 aromatic heterocycles. The van der Waals surface area contributed by atoms with Gasteiger partial charge in [-0.2, -0.15) is 0 Å². The molecule has 2 rings (SSSR count). The highest BCUT2D eigenvalue weighted by Crippen LogP contribution is 2.22. The van der Waals surface area contributed by atoms with Crippen molar-refractivity contribution >= 4 is 39.1 Å². The fourth-order valence-corrected chi connectivity index (χ4v) is 2.45. The minimum atomic E-state index is 0.253. The highest BCUT2D eigenvalue weighted by molar-refractivity contribution is 9.10. The van der Waals surface area contributed by atoms with Gasteiger partial charge in [-0.05, 0) is 48.4 Å². The van der Waals surface area contributed by atoms with E-state index in [1.807, 2.05) is 24.3 Å². The average Bonchev–Trinajstić information content (AvgIpc) is 2.40. The van der Waals surface area contributed by atoms with Crippen LogP contribution in [0.25, 0.3) is 0 Å². The van der Waals surface area contributed by atoms with Crippen molar-refractivity contribution in [3.63, 3.8) is 0 Å². The zero-order valence-electron chi connectivity index (χ0n) is 10.5. The van der Waals surface area contributed by atoms with Crippen molar-refractivity contribution < 1.29 is 0 Å². The largest absolute Gasteiger partial charge is 0.306 e. The third-order valence-corrected chi connectivity index (χ3v) is 4.11. The van der Waals surface area contributed by atoms with Crippen LogP contribution in [0, 0.1) is 0 Å². The van der Waals surface area contributed by atoms with Gasteiger partial charge in [0.15, 0.2) is 0 Å². The first-order valence-corrected chi connectivity index (χ1v) is 7.54. The van der Waals surface area contributed by atoms with Gasteiger partial charge in [0.05, 0.1) is 0 Å². The van der Waals surface area contributed by atoms with Crippen LogP contribution in [0.2, 0.25) is 10.0 Å². The first kappa shape index (κ1) is 14.9. The SMILES string of the molecule is CC(NCc1cc(Cl)ccc1Cl)c1ccc(Br)cc1. The van der Waals surface area contributed by atoms with Crippen LogP contribution < -0.4 is 5.32 Å². The predicted octanol–water partition coefficient (Wildman–Crippen LogP) is 5.61. The molecule has 0 spiro atoms. The highest BCUT2D eigenvalue weighted by atomic mass is 79.9. The van der Waals surface area contributed by atoms with Crippen molar-refractivity contribution in [2.45, 2.75) is 19.5 Å². The van der Waals surface area contributed by atoms with Crippen LogP contribution in [-0.2, 0) is 6.54 Å². The van der Waals surface area contributed by atoms with Crippen molar-refractivity contribution in [1.82, 2.24) is 5.32 Å². The maximum atomic E-state index is 6.14. The number of rotatable bonds is 4. The molecular formula is C15H14BrCl2N. The lowest BCUT2D eigenvalue weighted by molar-refractivity contribution is 0.575. The maximum absolute atomic E-state index is 6.14. The second-order valence-electron chi connectivity index (χ2n) is 4.39. The molecule has 0 bridgehead atoms. The van der Waals surface area contributed by atoms with E-state index in [-0.39, 0.29) is 6.04 Å². The van der Waals surface area contributed by atoms with E-state index in [4.69, 9.17) is 23.2 Å². The van der Waals surface area contributed by atoms with Gasteiger partial charge in [-0.1, -0.05) is 51.3 Å². The van der Waals surface area contributed by atoms with Crippen molar-refractivity contribution in [3.8, 4) is 0 Å². The van der Waals surface area contributed by atoms with Crippen molar-refractivity contribution in [3.05, 3.63) is 68.1 Å². The summed E-state index contributed by atoms with van der Waals surface area (Å²) in [7, 11) is 0. The number of halogens is 3. The van der Waals surface area contributed by atoms with Gasteiger partial charge in [0.1, 0.15) is 0 Å². The van der Waals surface area contributed by atoms with Crippen LogP contribution in [0.3, 0.4) is 0 Å². The van der Waals surface area contributed by atoms with Crippen molar-refractivity contribution in [2.75, 3.05) is 0 Å². The van der Waals surface area contributed by atoms with E-state index in [1.54, 1.807) is 6.07 Å². The van der Waals surface area contributed by atoms with Crippen molar-refractivity contribution in [2.24, 2.45) is 0 Å². The topological polar surface area (TPSA) is 12.0 Å². The van der Waals surface area contributed by atoms with Gasteiger partial charge in [0.2, 0.25) is 0 Å². The van der Waals surface area contributed by atoms with Gasteiger partial charge in [0, 0.05) is 27.1 Å². The Morgan fingerprint density at radius 3 is 2.47 bits per heavy atom. The van der Waals surface area contributed by atoms with E-state index in [1.165, 1.54) is 5.56 Å². The molecule has 1 atom stereocenters. The van der Waals surface area contributed by atoms with Crippen molar-refractivity contribution in [1.29, 1.82) is 0 Å². The molecule has 100 valence electrons. The maximum Gasteiger partial charge on any atom is 0.0451 e. The highest BCUT2D eigenvalue weighted by Gasteiger charge is 2.07. The van der Waals surface area contributed by atoms with E-state index >= 15 is 0 Å². The Kier molecular flexibility index (Phi) is 5.28. The van der Waals surface area contributed by atoms with Crippen LogP contribution in [-0.4, -0.2) is 0 Å². The third kappa shape index (κ3) is 4.22. The molecule has 1 unspecified atom stereocenters. The Labute approximate surface area is 132 Å². The van der Waals surface area contributed by atoms with Crippen LogP contribution >= 0.6 is 39.1 Å². The number of nitrogens with one attached hydrogen (secondary N) is 1. The molecule has 2 aromatic carbocycles. The second kappa shape index (κ2) is 6.76. The Morgan fingerprint density at radius 1 is 1.11 bits per heavy atom. The van der Waals surface area contributed by atoms with E-state index in [0.717, 1.165) is 15.1 Å². The van der Waals surface area contributed by atoms with Gasteiger partial charge >= 0.3 is 0 Å². The molecule has 0 heterocycles. The summed E-state index contributed by atoms with van der Waals surface area (Å²) in [6, 6.07) is 14.0. The molecule has 0 amide bonds. The predicted molar refractivity (Wildman–Crippen MR) is 85.9 cm³/mol. The molecule has 0 saturated heterocycles. The quantitative estimate of drug-likeness (QED) is 0.749. The normalized spacial score (nSPS) is 12.4. The molecule has 1 N–H and O–H groups in total. The molecule has 4 heteroatoms. The summed E-state index contributed by atoms with van der Waals surface area (Å²) in [6.07, 6.45) is 0. The lowest BCUT2D eigenvalue weighted by Gasteiger charge is -2.15. The van der Waals surface area contributed by atoms with Crippen LogP contribution in [0.5, 0.6) is 0 Å². The van der Waals surface area contributed by atoms with Crippen LogP contribution in [0.1, 0.15) is 24.1 Å². The van der Waals surface area contributed by atoms with E-state index < -0.39 is 0 Å². The summed E-state index contributed by atoms with van der Waals surface area (Å²) in [5, 5.41) is 4.89. The molecular weight excluding hydrogens is 345 g/mol. The molecule has 2 aromatic rings. The van der Waals surface area contributed by atoms with Gasteiger partial charge in [-0.3, -0.25) is 0 Å². The van der Waals surface area contributed by atoms with Gasteiger partial charge in [-0.25, -0.2) is 0 Å². The summed E-state index contributed by atoms with van der Waals surface area (Å²) in [5.41, 5.74) is 2.25. The minimum Gasteiger partial charge on any atom is -0.306 e.